The van der Waals surface area contributed by atoms with Crippen LogP contribution >= 0.6 is 0 Å². The van der Waals surface area contributed by atoms with Crippen LogP contribution in [0.2, 0.25) is 0 Å². The molecule has 1 saturated heterocycles. The minimum absolute atomic E-state index is 0.331. The van der Waals surface area contributed by atoms with Crippen molar-refractivity contribution in [3.05, 3.63) is 29.8 Å². The second-order valence-electron chi connectivity index (χ2n) is 5.00. The van der Waals surface area contributed by atoms with Gasteiger partial charge in [-0.05, 0) is 49.9 Å². The highest BCUT2D eigenvalue weighted by Gasteiger charge is 2.20. The van der Waals surface area contributed by atoms with Crippen molar-refractivity contribution in [1.29, 1.82) is 0 Å². The molecule has 18 heavy (non-hydrogen) atoms. The van der Waals surface area contributed by atoms with Crippen molar-refractivity contribution >= 4 is 0 Å². The van der Waals surface area contributed by atoms with Crippen molar-refractivity contribution < 1.29 is 9.84 Å². The fourth-order valence-electron chi connectivity index (χ4n) is 2.59. The number of aromatic hydroxyl groups is 1. The maximum Gasteiger partial charge on any atom is 0.115 e. The van der Waals surface area contributed by atoms with E-state index >= 15 is 0 Å². The van der Waals surface area contributed by atoms with Gasteiger partial charge in [-0.25, -0.2) is 0 Å². The number of likely N-dealkylation sites (N-methyl/N-ethyl adjacent to an activating group) is 1. The van der Waals surface area contributed by atoms with Gasteiger partial charge in [0.05, 0.1) is 6.10 Å². The number of phenols is 1. The van der Waals surface area contributed by atoms with Gasteiger partial charge in [0.2, 0.25) is 0 Å². The van der Waals surface area contributed by atoms with E-state index < -0.39 is 0 Å². The molecule has 1 aromatic rings. The Balaban J connectivity index is 1.90. The quantitative estimate of drug-likeness (QED) is 0.814. The van der Waals surface area contributed by atoms with Crippen LogP contribution in [0.5, 0.6) is 5.75 Å². The van der Waals surface area contributed by atoms with Crippen LogP contribution in [0, 0.1) is 0 Å². The van der Waals surface area contributed by atoms with Crippen molar-refractivity contribution in [2.24, 2.45) is 0 Å². The molecule has 0 amide bonds. The van der Waals surface area contributed by atoms with E-state index in [2.05, 4.69) is 12.2 Å². The number of hydrogen-bond donors (Lipinski definition) is 2. The third-order valence-corrected chi connectivity index (χ3v) is 3.48. The van der Waals surface area contributed by atoms with E-state index in [9.17, 15) is 5.11 Å². The largest absolute Gasteiger partial charge is 0.508 e. The first-order chi connectivity index (χ1) is 8.78. The summed E-state index contributed by atoms with van der Waals surface area (Å²) in [6.45, 7) is 4.04. The molecule has 1 aliphatic rings. The molecule has 3 nitrogen and oxygen atoms in total. The minimum Gasteiger partial charge on any atom is -0.508 e. The van der Waals surface area contributed by atoms with E-state index in [1.807, 2.05) is 12.1 Å². The summed E-state index contributed by atoms with van der Waals surface area (Å²) in [5.74, 6) is 0.331. The summed E-state index contributed by atoms with van der Waals surface area (Å²) >= 11 is 0. The summed E-state index contributed by atoms with van der Waals surface area (Å²) in [6.07, 6.45) is 4.88. The van der Waals surface area contributed by atoms with Gasteiger partial charge in [0.1, 0.15) is 5.75 Å². The normalized spacial score (nSPS) is 21.1. The van der Waals surface area contributed by atoms with Crippen molar-refractivity contribution in [2.75, 3.05) is 13.2 Å². The number of benzene rings is 1. The first-order valence-electron chi connectivity index (χ1n) is 6.91. The Morgan fingerprint density at radius 3 is 2.78 bits per heavy atom. The second kappa shape index (κ2) is 6.76. The molecule has 3 heteroatoms. The van der Waals surface area contributed by atoms with Crippen LogP contribution in [0.1, 0.15) is 31.7 Å². The molecule has 0 spiro atoms. The summed E-state index contributed by atoms with van der Waals surface area (Å²) in [6, 6.07) is 7.96. The molecule has 0 bridgehead atoms. The minimum atomic E-state index is 0.331. The standard InChI is InChI=1S/C15H23NO2/c1-2-16-13(11-15-4-3-9-18-15)10-12-5-7-14(17)8-6-12/h5-8,13,15-17H,2-4,9-11H2,1H3. The SMILES string of the molecule is CCNC(Cc1ccc(O)cc1)CC1CCCO1. The first-order valence-corrected chi connectivity index (χ1v) is 6.91. The maximum absolute atomic E-state index is 9.29. The molecule has 2 atom stereocenters. The Hall–Kier alpha value is -1.06. The third kappa shape index (κ3) is 4.00. The van der Waals surface area contributed by atoms with Crippen molar-refractivity contribution in [3.63, 3.8) is 0 Å². The van der Waals surface area contributed by atoms with Crippen LogP contribution in [-0.4, -0.2) is 30.4 Å². The predicted octanol–water partition coefficient (Wildman–Crippen LogP) is 2.48. The monoisotopic (exact) mass is 249 g/mol. The van der Waals surface area contributed by atoms with Crippen molar-refractivity contribution in [2.45, 2.75) is 44.8 Å². The maximum atomic E-state index is 9.29. The highest BCUT2D eigenvalue weighted by molar-refractivity contribution is 5.26. The average Bonchev–Trinajstić information content (AvgIpc) is 2.85. The predicted molar refractivity (Wildman–Crippen MR) is 72.9 cm³/mol. The molecular formula is C15H23NO2. The molecule has 2 N–H and O–H groups in total. The zero-order valence-corrected chi connectivity index (χ0v) is 11.1. The van der Waals surface area contributed by atoms with Crippen molar-refractivity contribution in [1.82, 2.24) is 5.32 Å². The number of hydrogen-bond acceptors (Lipinski definition) is 3. The molecule has 1 aromatic carbocycles. The molecular weight excluding hydrogens is 226 g/mol. The average molecular weight is 249 g/mol. The first kappa shape index (κ1) is 13.4. The fourth-order valence-corrected chi connectivity index (χ4v) is 2.59. The molecule has 0 saturated carbocycles. The lowest BCUT2D eigenvalue weighted by Gasteiger charge is -2.21. The van der Waals surface area contributed by atoms with Gasteiger partial charge in [0.15, 0.2) is 0 Å². The van der Waals surface area contributed by atoms with Crippen molar-refractivity contribution in [3.8, 4) is 5.75 Å². The number of ether oxygens (including phenoxy) is 1. The molecule has 100 valence electrons. The number of phenolic OH excluding ortho intramolecular Hbond substituents is 1. The Morgan fingerprint density at radius 1 is 1.39 bits per heavy atom. The molecule has 0 aromatic heterocycles. The Kier molecular flexibility index (Phi) is 5.02. The number of nitrogens with one attached hydrogen (secondary N) is 1. The topological polar surface area (TPSA) is 41.5 Å². The summed E-state index contributed by atoms with van der Waals surface area (Å²) < 4.78 is 5.71. The van der Waals surface area contributed by atoms with Crippen LogP contribution in [-0.2, 0) is 11.2 Å². The summed E-state index contributed by atoms with van der Waals surface area (Å²) in [5, 5.41) is 12.8. The highest BCUT2D eigenvalue weighted by Crippen LogP contribution is 2.19. The third-order valence-electron chi connectivity index (χ3n) is 3.48. The molecule has 0 radical (unpaired) electrons. The molecule has 0 aliphatic carbocycles. The summed E-state index contributed by atoms with van der Waals surface area (Å²) in [7, 11) is 0. The number of rotatable bonds is 6. The zero-order chi connectivity index (χ0) is 12.8. The van der Waals surface area contributed by atoms with Crippen LogP contribution < -0.4 is 5.32 Å². The van der Waals surface area contributed by atoms with E-state index in [0.29, 0.717) is 17.9 Å². The Labute approximate surface area is 109 Å². The van der Waals surface area contributed by atoms with Crippen LogP contribution in [0.3, 0.4) is 0 Å². The van der Waals surface area contributed by atoms with Crippen LogP contribution in [0.4, 0.5) is 0 Å². The van der Waals surface area contributed by atoms with Gasteiger partial charge >= 0.3 is 0 Å². The van der Waals surface area contributed by atoms with Gasteiger partial charge in [-0.15, -0.1) is 0 Å². The van der Waals surface area contributed by atoms with E-state index in [-0.39, 0.29) is 0 Å². The van der Waals surface area contributed by atoms with Gasteiger partial charge in [-0.2, -0.15) is 0 Å². The zero-order valence-electron chi connectivity index (χ0n) is 11.1. The van der Waals surface area contributed by atoms with Gasteiger partial charge in [0.25, 0.3) is 0 Å². The van der Waals surface area contributed by atoms with E-state index in [0.717, 1.165) is 26.0 Å². The lowest BCUT2D eigenvalue weighted by atomic mass is 9.99. The van der Waals surface area contributed by atoms with E-state index in [1.54, 1.807) is 12.1 Å². The Bertz CT molecular complexity index is 344. The summed E-state index contributed by atoms with van der Waals surface area (Å²) in [4.78, 5) is 0. The molecule has 2 rings (SSSR count). The van der Waals surface area contributed by atoms with E-state index in [4.69, 9.17) is 4.74 Å². The fraction of sp³-hybridized carbons (Fsp3) is 0.600. The van der Waals surface area contributed by atoms with Crippen LogP contribution in [0.15, 0.2) is 24.3 Å². The van der Waals surface area contributed by atoms with E-state index in [1.165, 1.54) is 18.4 Å². The molecule has 1 aliphatic heterocycles. The lowest BCUT2D eigenvalue weighted by molar-refractivity contribution is 0.0947. The highest BCUT2D eigenvalue weighted by atomic mass is 16.5. The Morgan fingerprint density at radius 2 is 2.17 bits per heavy atom. The second-order valence-corrected chi connectivity index (χ2v) is 5.00. The lowest BCUT2D eigenvalue weighted by Crippen LogP contribution is -2.34. The van der Waals surface area contributed by atoms with Gasteiger partial charge in [-0.3, -0.25) is 0 Å². The molecule has 1 fully saturated rings. The molecule has 1 heterocycles. The molecule has 2 unspecified atom stereocenters. The van der Waals surface area contributed by atoms with Gasteiger partial charge in [-0.1, -0.05) is 19.1 Å². The van der Waals surface area contributed by atoms with Gasteiger partial charge < -0.3 is 15.2 Å². The van der Waals surface area contributed by atoms with Gasteiger partial charge in [0, 0.05) is 12.6 Å². The smallest absolute Gasteiger partial charge is 0.115 e. The summed E-state index contributed by atoms with van der Waals surface area (Å²) in [5.41, 5.74) is 1.26. The van der Waals surface area contributed by atoms with Crippen LogP contribution in [0.25, 0.3) is 0 Å².